The second kappa shape index (κ2) is 7.79. The summed E-state index contributed by atoms with van der Waals surface area (Å²) < 4.78 is 30.9. The molecule has 0 saturated carbocycles. The Morgan fingerprint density at radius 1 is 1.08 bits per heavy atom. The van der Waals surface area contributed by atoms with Gasteiger partial charge in [-0.1, -0.05) is 48.0 Å². The smallest absolute Gasteiger partial charge is 0.421 e. The second-order valence-electron chi connectivity index (χ2n) is 5.27. The number of nitrogens with one attached hydrogen (secondary N) is 1. The Kier molecular flexibility index (Phi) is 5.76. The highest BCUT2D eigenvalue weighted by molar-refractivity contribution is 7.90. The van der Waals surface area contributed by atoms with Crippen LogP contribution in [0.3, 0.4) is 0 Å². The Balaban J connectivity index is 1.92. The number of allylic oxidation sites excluding steroid dienone is 1. The van der Waals surface area contributed by atoms with Gasteiger partial charge in [-0.25, -0.2) is 17.9 Å². The molecular formula is C18H19NO4S. The number of hydrogen-bond acceptors (Lipinski definition) is 4. The molecule has 5 nitrogen and oxygen atoms in total. The van der Waals surface area contributed by atoms with Crippen LogP contribution in [-0.4, -0.2) is 21.1 Å². The van der Waals surface area contributed by atoms with Crippen molar-refractivity contribution in [3.05, 3.63) is 71.8 Å². The van der Waals surface area contributed by atoms with Crippen LogP contribution in [0.15, 0.2) is 65.6 Å². The maximum atomic E-state index is 12.0. The van der Waals surface area contributed by atoms with E-state index in [0.717, 1.165) is 16.7 Å². The van der Waals surface area contributed by atoms with Crippen LogP contribution in [0.4, 0.5) is 4.79 Å². The van der Waals surface area contributed by atoms with Gasteiger partial charge in [0.15, 0.2) is 0 Å². The Morgan fingerprint density at radius 3 is 2.33 bits per heavy atom. The Hall–Kier alpha value is -2.60. The minimum absolute atomic E-state index is 0.0149. The molecule has 0 radical (unpaired) electrons. The lowest BCUT2D eigenvalue weighted by Crippen LogP contribution is -2.31. The highest BCUT2D eigenvalue weighted by Crippen LogP contribution is 2.12. The summed E-state index contributed by atoms with van der Waals surface area (Å²) in [4.78, 5) is 11.7. The highest BCUT2D eigenvalue weighted by Gasteiger charge is 2.17. The number of aryl methyl sites for hydroxylation is 1. The van der Waals surface area contributed by atoms with Crippen LogP contribution >= 0.6 is 0 Å². The summed E-state index contributed by atoms with van der Waals surface area (Å²) in [5.41, 5.74) is 2.87. The third kappa shape index (κ3) is 4.96. The summed E-state index contributed by atoms with van der Waals surface area (Å²) in [5, 5.41) is 0. The molecule has 6 heteroatoms. The molecule has 2 aromatic carbocycles. The van der Waals surface area contributed by atoms with Gasteiger partial charge in [0.05, 0.1) is 4.90 Å². The first-order valence-electron chi connectivity index (χ1n) is 7.37. The fourth-order valence-corrected chi connectivity index (χ4v) is 2.87. The van der Waals surface area contributed by atoms with Gasteiger partial charge in [-0.2, -0.15) is 0 Å². The summed E-state index contributed by atoms with van der Waals surface area (Å²) in [6, 6.07) is 15.8. The number of amides is 1. The molecule has 2 aromatic rings. The van der Waals surface area contributed by atoms with Crippen molar-refractivity contribution in [3.63, 3.8) is 0 Å². The van der Waals surface area contributed by atoms with Crippen molar-refractivity contribution in [1.82, 2.24) is 4.72 Å². The molecule has 0 aliphatic carbocycles. The molecule has 0 aliphatic heterocycles. The maximum absolute atomic E-state index is 12.0. The minimum Gasteiger partial charge on any atom is -0.445 e. The molecule has 0 saturated heterocycles. The fourth-order valence-electron chi connectivity index (χ4n) is 1.98. The number of rotatable bonds is 5. The van der Waals surface area contributed by atoms with E-state index >= 15 is 0 Å². The lowest BCUT2D eigenvalue weighted by atomic mass is 10.1. The first-order chi connectivity index (χ1) is 11.4. The van der Waals surface area contributed by atoms with E-state index in [0.29, 0.717) is 0 Å². The Morgan fingerprint density at radius 2 is 1.71 bits per heavy atom. The van der Waals surface area contributed by atoms with E-state index in [1.54, 1.807) is 18.2 Å². The third-order valence-corrected chi connectivity index (χ3v) is 4.71. The van der Waals surface area contributed by atoms with Crippen molar-refractivity contribution in [2.24, 2.45) is 0 Å². The molecule has 0 heterocycles. The highest BCUT2D eigenvalue weighted by atomic mass is 32.2. The minimum atomic E-state index is -3.92. The monoisotopic (exact) mass is 345 g/mol. The number of carbonyl (C=O) groups is 1. The van der Waals surface area contributed by atoms with Crippen LogP contribution in [0.1, 0.15) is 18.1 Å². The van der Waals surface area contributed by atoms with Gasteiger partial charge in [0.25, 0.3) is 10.0 Å². The SMILES string of the molecule is C/C(=C\COC(=O)NS(=O)(=O)c1ccc(C)cc1)c1ccccc1. The number of hydrogen-bond donors (Lipinski definition) is 1. The zero-order chi connectivity index (χ0) is 17.6. The topological polar surface area (TPSA) is 72.5 Å². The Bertz CT molecular complexity index is 825. The van der Waals surface area contributed by atoms with E-state index in [1.807, 2.05) is 48.9 Å². The molecule has 2 rings (SSSR count). The third-order valence-electron chi connectivity index (χ3n) is 3.38. The molecular weight excluding hydrogens is 326 g/mol. The van der Waals surface area contributed by atoms with Crippen LogP contribution in [0.25, 0.3) is 5.57 Å². The quantitative estimate of drug-likeness (QED) is 0.900. The van der Waals surface area contributed by atoms with Crippen molar-refractivity contribution in [3.8, 4) is 0 Å². The summed E-state index contributed by atoms with van der Waals surface area (Å²) in [5.74, 6) is 0. The average Bonchev–Trinajstić information content (AvgIpc) is 2.55. The van der Waals surface area contributed by atoms with Crippen LogP contribution in [0.5, 0.6) is 0 Å². The van der Waals surface area contributed by atoms with Gasteiger partial charge in [-0.05, 0) is 43.2 Å². The van der Waals surface area contributed by atoms with Crippen molar-refractivity contribution in [2.45, 2.75) is 18.7 Å². The maximum Gasteiger partial charge on any atom is 0.421 e. The lowest BCUT2D eigenvalue weighted by molar-refractivity contribution is 0.165. The second-order valence-corrected chi connectivity index (χ2v) is 6.95. The van der Waals surface area contributed by atoms with Crippen LogP contribution in [0.2, 0.25) is 0 Å². The number of ether oxygens (including phenoxy) is 1. The molecule has 0 unspecified atom stereocenters. The van der Waals surface area contributed by atoms with E-state index < -0.39 is 16.1 Å². The largest absolute Gasteiger partial charge is 0.445 e. The van der Waals surface area contributed by atoms with Gasteiger partial charge in [0, 0.05) is 0 Å². The fraction of sp³-hybridized carbons (Fsp3) is 0.167. The van der Waals surface area contributed by atoms with Crippen LogP contribution < -0.4 is 4.72 Å². The molecule has 0 aliphatic rings. The zero-order valence-corrected chi connectivity index (χ0v) is 14.3. The molecule has 1 N–H and O–H groups in total. The molecule has 0 spiro atoms. The van der Waals surface area contributed by atoms with Gasteiger partial charge in [0.2, 0.25) is 0 Å². The first kappa shape index (κ1) is 17.7. The van der Waals surface area contributed by atoms with E-state index in [9.17, 15) is 13.2 Å². The summed E-state index contributed by atoms with van der Waals surface area (Å²) >= 11 is 0. The molecule has 1 amide bonds. The molecule has 0 aromatic heterocycles. The first-order valence-corrected chi connectivity index (χ1v) is 8.85. The molecule has 0 atom stereocenters. The predicted octanol–water partition coefficient (Wildman–Crippen LogP) is 3.51. The van der Waals surface area contributed by atoms with Crippen molar-refractivity contribution in [2.75, 3.05) is 6.61 Å². The van der Waals surface area contributed by atoms with E-state index in [-0.39, 0.29) is 11.5 Å². The standard InChI is InChI=1S/C18H19NO4S/c1-14-8-10-17(11-9-14)24(21,22)19-18(20)23-13-12-15(2)16-6-4-3-5-7-16/h3-12H,13H2,1-2H3,(H,19,20)/b15-12+. The predicted molar refractivity (Wildman–Crippen MR) is 92.9 cm³/mol. The summed E-state index contributed by atoms with van der Waals surface area (Å²) in [6.07, 6.45) is 0.709. The van der Waals surface area contributed by atoms with Gasteiger partial charge in [0.1, 0.15) is 6.61 Å². The molecule has 24 heavy (non-hydrogen) atoms. The number of carbonyl (C=O) groups excluding carboxylic acids is 1. The number of sulfonamides is 1. The zero-order valence-electron chi connectivity index (χ0n) is 13.5. The van der Waals surface area contributed by atoms with Crippen LogP contribution in [-0.2, 0) is 14.8 Å². The van der Waals surface area contributed by atoms with Gasteiger partial charge >= 0.3 is 6.09 Å². The van der Waals surface area contributed by atoms with Crippen molar-refractivity contribution < 1.29 is 17.9 Å². The lowest BCUT2D eigenvalue weighted by Gasteiger charge is -2.07. The van der Waals surface area contributed by atoms with Gasteiger partial charge in [-0.15, -0.1) is 0 Å². The average molecular weight is 345 g/mol. The van der Waals surface area contributed by atoms with Crippen molar-refractivity contribution >= 4 is 21.7 Å². The molecule has 126 valence electrons. The van der Waals surface area contributed by atoms with Gasteiger partial charge in [-0.3, -0.25) is 0 Å². The van der Waals surface area contributed by atoms with Crippen LogP contribution in [0, 0.1) is 6.92 Å². The van der Waals surface area contributed by atoms with E-state index in [1.165, 1.54) is 12.1 Å². The van der Waals surface area contributed by atoms with Crippen molar-refractivity contribution in [1.29, 1.82) is 0 Å². The summed E-state index contributed by atoms with van der Waals surface area (Å²) in [7, 11) is -3.92. The molecule has 0 bridgehead atoms. The normalized spacial score (nSPS) is 11.8. The van der Waals surface area contributed by atoms with Gasteiger partial charge < -0.3 is 4.74 Å². The Labute approximate surface area is 142 Å². The van der Waals surface area contributed by atoms with E-state index in [2.05, 4.69) is 0 Å². The summed E-state index contributed by atoms with van der Waals surface area (Å²) in [6.45, 7) is 3.72. The number of benzene rings is 2. The van der Waals surface area contributed by atoms with E-state index in [4.69, 9.17) is 4.74 Å². The molecule has 0 fully saturated rings.